The summed E-state index contributed by atoms with van der Waals surface area (Å²) < 4.78 is 13.4. The molecule has 2 bridgehead atoms. The molecule has 5 rings (SSSR count). The lowest BCUT2D eigenvalue weighted by Crippen LogP contribution is -2.28. The Morgan fingerprint density at radius 2 is 1.78 bits per heavy atom. The van der Waals surface area contributed by atoms with Crippen LogP contribution in [0.15, 0.2) is 58.1 Å². The Balaban J connectivity index is 1.33. The number of halogens is 2. The van der Waals surface area contributed by atoms with E-state index in [-0.39, 0.29) is 35.5 Å². The third-order valence-corrected chi connectivity index (χ3v) is 7.65. The van der Waals surface area contributed by atoms with Gasteiger partial charge in [0.05, 0.1) is 28.7 Å². The van der Waals surface area contributed by atoms with Crippen LogP contribution >= 0.6 is 38.5 Å². The number of hydrogen-bond donors (Lipinski definition) is 0. The molecule has 0 N–H and O–H groups in total. The van der Waals surface area contributed by atoms with Crippen molar-refractivity contribution in [1.82, 2.24) is 5.01 Å². The Kier molecular flexibility index (Phi) is 5.83. The van der Waals surface area contributed by atoms with Crippen LogP contribution in [-0.2, 0) is 16.2 Å². The molecule has 6 nitrogen and oxygen atoms in total. The standard InChI is InChI=1S/C24H20BrIN2O4/c1-31-19-9-14(8-18(26)22(19)32-12-13-2-6-17(25)7-3-13)11-27-28-23(29)20-15-4-5-16(10-15)21(20)24(28)30/h2-9,11,15-16,20-21H,10,12H2,1H3/b27-11-/t15-,16-,20-,21+/m0/s1. The number of imide groups is 1. The van der Waals surface area contributed by atoms with E-state index in [4.69, 9.17) is 9.47 Å². The lowest BCUT2D eigenvalue weighted by Gasteiger charge is -2.14. The molecule has 2 aliphatic carbocycles. The van der Waals surface area contributed by atoms with Gasteiger partial charge in [0.1, 0.15) is 6.61 Å². The predicted octanol–water partition coefficient (Wildman–Crippen LogP) is 4.78. The number of benzene rings is 2. The van der Waals surface area contributed by atoms with Gasteiger partial charge in [0.2, 0.25) is 0 Å². The summed E-state index contributed by atoms with van der Waals surface area (Å²) in [4.78, 5) is 25.6. The average Bonchev–Trinajstić information content (AvgIpc) is 3.46. The van der Waals surface area contributed by atoms with Gasteiger partial charge in [0, 0.05) is 4.47 Å². The molecule has 2 fully saturated rings. The van der Waals surface area contributed by atoms with Crippen molar-refractivity contribution < 1.29 is 19.1 Å². The molecule has 1 aliphatic heterocycles. The van der Waals surface area contributed by atoms with E-state index in [9.17, 15) is 9.59 Å². The quantitative estimate of drug-likeness (QED) is 0.205. The van der Waals surface area contributed by atoms with Crippen LogP contribution in [0.1, 0.15) is 17.5 Å². The molecule has 8 heteroatoms. The first-order chi connectivity index (χ1) is 15.5. The van der Waals surface area contributed by atoms with Crippen molar-refractivity contribution in [1.29, 1.82) is 0 Å². The first-order valence-electron chi connectivity index (χ1n) is 10.3. The number of ether oxygens (including phenoxy) is 2. The van der Waals surface area contributed by atoms with Gasteiger partial charge in [0.15, 0.2) is 11.5 Å². The SMILES string of the molecule is COc1cc(/C=N\N2C(=O)[C@@H]3[C@H](C2=O)[C@H]2C=C[C@H]3C2)cc(I)c1OCc1ccc(Br)cc1. The maximum atomic E-state index is 12.8. The zero-order chi connectivity index (χ0) is 22.4. The van der Waals surface area contributed by atoms with E-state index in [1.54, 1.807) is 13.2 Å². The van der Waals surface area contributed by atoms with Gasteiger partial charge in [-0.05, 0) is 76.2 Å². The highest BCUT2D eigenvalue weighted by Crippen LogP contribution is 2.52. The van der Waals surface area contributed by atoms with Gasteiger partial charge in [0.25, 0.3) is 11.8 Å². The fourth-order valence-electron chi connectivity index (χ4n) is 4.82. The minimum atomic E-state index is -0.251. The van der Waals surface area contributed by atoms with Crippen LogP contribution in [-0.4, -0.2) is 30.1 Å². The minimum absolute atomic E-state index is 0.171. The molecule has 0 aromatic heterocycles. The van der Waals surface area contributed by atoms with E-state index < -0.39 is 0 Å². The van der Waals surface area contributed by atoms with Crippen molar-refractivity contribution in [2.75, 3.05) is 7.11 Å². The van der Waals surface area contributed by atoms with E-state index in [0.717, 1.165) is 30.6 Å². The number of fused-ring (bicyclic) bond motifs is 5. The summed E-state index contributed by atoms with van der Waals surface area (Å²) in [6, 6.07) is 11.6. The highest BCUT2D eigenvalue weighted by atomic mass is 127. The third-order valence-electron chi connectivity index (χ3n) is 6.32. The highest BCUT2D eigenvalue weighted by Gasteiger charge is 2.59. The molecule has 1 heterocycles. The van der Waals surface area contributed by atoms with Gasteiger partial charge in [-0.1, -0.05) is 40.2 Å². The van der Waals surface area contributed by atoms with E-state index in [1.807, 2.05) is 30.3 Å². The van der Waals surface area contributed by atoms with Crippen LogP contribution in [0, 0.1) is 27.2 Å². The highest BCUT2D eigenvalue weighted by molar-refractivity contribution is 14.1. The first-order valence-corrected chi connectivity index (χ1v) is 12.2. The normalized spacial score (nSPS) is 25.8. The molecule has 2 aromatic rings. The van der Waals surface area contributed by atoms with E-state index in [2.05, 4.69) is 55.8 Å². The topological polar surface area (TPSA) is 68.2 Å². The van der Waals surface area contributed by atoms with Gasteiger partial charge >= 0.3 is 0 Å². The molecule has 0 unspecified atom stereocenters. The van der Waals surface area contributed by atoms with Gasteiger partial charge in [-0.25, -0.2) is 0 Å². The lowest BCUT2D eigenvalue weighted by molar-refractivity contribution is -0.140. The number of nitrogens with zero attached hydrogens (tertiary/aromatic N) is 2. The Bertz CT molecular complexity index is 1120. The molecular weight excluding hydrogens is 587 g/mol. The van der Waals surface area contributed by atoms with Crippen molar-refractivity contribution in [3.8, 4) is 11.5 Å². The fourth-order valence-corrected chi connectivity index (χ4v) is 5.86. The summed E-state index contributed by atoms with van der Waals surface area (Å²) >= 11 is 5.61. The van der Waals surface area contributed by atoms with Crippen molar-refractivity contribution >= 4 is 56.5 Å². The second-order valence-corrected chi connectivity index (χ2v) is 10.3. The summed E-state index contributed by atoms with van der Waals surface area (Å²) in [7, 11) is 1.58. The van der Waals surface area contributed by atoms with Crippen molar-refractivity contribution in [2.24, 2.45) is 28.8 Å². The van der Waals surface area contributed by atoms with Gasteiger partial charge in [-0.3, -0.25) is 9.59 Å². The molecule has 164 valence electrons. The van der Waals surface area contributed by atoms with E-state index >= 15 is 0 Å². The van der Waals surface area contributed by atoms with Crippen molar-refractivity contribution in [3.05, 3.63) is 67.7 Å². The smallest absolute Gasteiger partial charge is 0.254 e. The monoisotopic (exact) mass is 606 g/mol. The van der Waals surface area contributed by atoms with Gasteiger partial charge in [-0.2, -0.15) is 10.1 Å². The second kappa shape index (κ2) is 8.62. The third kappa shape index (κ3) is 3.77. The average molecular weight is 607 g/mol. The lowest BCUT2D eigenvalue weighted by atomic mass is 9.85. The zero-order valence-corrected chi connectivity index (χ0v) is 20.9. The van der Waals surface area contributed by atoms with Crippen LogP contribution < -0.4 is 9.47 Å². The number of rotatable bonds is 6. The summed E-state index contributed by atoms with van der Waals surface area (Å²) in [6.07, 6.45) is 6.59. The van der Waals surface area contributed by atoms with Crippen LogP contribution in [0.5, 0.6) is 11.5 Å². The molecule has 2 amide bonds. The molecule has 3 aliphatic rings. The molecule has 0 spiro atoms. The molecule has 1 saturated carbocycles. The Morgan fingerprint density at radius 1 is 1.12 bits per heavy atom. The predicted molar refractivity (Wildman–Crippen MR) is 131 cm³/mol. The Hall–Kier alpha value is -2.20. The van der Waals surface area contributed by atoms with Crippen molar-refractivity contribution in [3.63, 3.8) is 0 Å². The number of allylic oxidation sites excluding steroid dienone is 2. The minimum Gasteiger partial charge on any atom is -0.493 e. The van der Waals surface area contributed by atoms with Gasteiger partial charge < -0.3 is 9.47 Å². The second-order valence-electron chi connectivity index (χ2n) is 8.18. The van der Waals surface area contributed by atoms with Crippen LogP contribution in [0.25, 0.3) is 0 Å². The number of carbonyl (C=O) groups is 2. The summed E-state index contributed by atoms with van der Waals surface area (Å²) in [6.45, 7) is 0.406. The number of hydrazone groups is 1. The zero-order valence-electron chi connectivity index (χ0n) is 17.2. The molecular formula is C24H20BrIN2O4. The summed E-state index contributed by atoms with van der Waals surface area (Å²) in [5.74, 6) is 0.660. The largest absolute Gasteiger partial charge is 0.493 e. The Labute approximate surface area is 207 Å². The number of carbonyl (C=O) groups excluding carboxylic acids is 2. The van der Waals surface area contributed by atoms with Gasteiger partial charge in [-0.15, -0.1) is 0 Å². The number of amides is 2. The van der Waals surface area contributed by atoms with Crippen LogP contribution in [0.4, 0.5) is 0 Å². The maximum Gasteiger partial charge on any atom is 0.254 e. The fraction of sp³-hybridized carbons (Fsp3) is 0.292. The van der Waals surface area contributed by atoms with E-state index in [1.165, 1.54) is 6.21 Å². The summed E-state index contributed by atoms with van der Waals surface area (Å²) in [5.41, 5.74) is 1.76. The van der Waals surface area contributed by atoms with E-state index in [0.29, 0.717) is 18.1 Å². The number of hydrogen-bond acceptors (Lipinski definition) is 5. The summed E-state index contributed by atoms with van der Waals surface area (Å²) in [5, 5.41) is 5.31. The first kappa shape index (κ1) is 21.6. The van der Waals surface area contributed by atoms with Crippen LogP contribution in [0.3, 0.4) is 0 Å². The number of methoxy groups -OCH3 is 1. The van der Waals surface area contributed by atoms with Crippen molar-refractivity contribution in [2.45, 2.75) is 13.0 Å². The maximum absolute atomic E-state index is 12.8. The molecule has 1 saturated heterocycles. The van der Waals surface area contributed by atoms with Crippen LogP contribution in [0.2, 0.25) is 0 Å². The molecule has 4 atom stereocenters. The molecule has 2 aromatic carbocycles. The molecule has 0 radical (unpaired) electrons. The molecule has 32 heavy (non-hydrogen) atoms. The Morgan fingerprint density at radius 3 is 2.41 bits per heavy atom.